The summed E-state index contributed by atoms with van der Waals surface area (Å²) >= 11 is 0. The van der Waals surface area contributed by atoms with Crippen molar-refractivity contribution in [2.45, 2.75) is 57.2 Å². The van der Waals surface area contributed by atoms with E-state index in [9.17, 15) is 4.39 Å². The first kappa shape index (κ1) is 15.5. The largest absolute Gasteiger partial charge is 0.317 e. The molecule has 20 heavy (non-hydrogen) atoms. The van der Waals surface area contributed by atoms with Crippen LogP contribution >= 0.6 is 0 Å². The lowest BCUT2D eigenvalue weighted by Gasteiger charge is -2.38. The lowest BCUT2D eigenvalue weighted by molar-refractivity contribution is 0.135. The summed E-state index contributed by atoms with van der Waals surface area (Å²) in [6.07, 6.45) is 5.96. The highest BCUT2D eigenvalue weighted by Gasteiger charge is 2.25. The second-order valence-electron chi connectivity index (χ2n) is 6.14. The van der Waals surface area contributed by atoms with E-state index in [1.54, 1.807) is 12.1 Å². The Balaban J connectivity index is 1.87. The summed E-state index contributed by atoms with van der Waals surface area (Å²) in [5, 5.41) is 3.38. The molecule has 1 aliphatic carbocycles. The molecule has 1 aromatic rings. The Hall–Kier alpha value is -0.930. The van der Waals surface area contributed by atoms with Crippen LogP contribution < -0.4 is 5.32 Å². The van der Waals surface area contributed by atoms with Crippen LogP contribution in [0.15, 0.2) is 24.3 Å². The molecular formula is C17H27FN2. The van der Waals surface area contributed by atoms with Gasteiger partial charge in [-0.1, -0.05) is 12.1 Å². The average molecular weight is 278 g/mol. The molecule has 0 radical (unpaired) electrons. The minimum atomic E-state index is -0.133. The van der Waals surface area contributed by atoms with Gasteiger partial charge in [0.15, 0.2) is 0 Å². The maximum atomic E-state index is 13.2. The van der Waals surface area contributed by atoms with E-state index in [4.69, 9.17) is 0 Å². The Morgan fingerprint density at radius 2 is 2.00 bits per heavy atom. The van der Waals surface area contributed by atoms with Crippen molar-refractivity contribution in [3.05, 3.63) is 35.6 Å². The van der Waals surface area contributed by atoms with Gasteiger partial charge in [-0.2, -0.15) is 0 Å². The van der Waals surface area contributed by atoms with Gasteiger partial charge in [-0.05, 0) is 70.8 Å². The molecule has 0 spiro atoms. The monoisotopic (exact) mass is 278 g/mol. The Labute approximate surface area is 122 Å². The quantitative estimate of drug-likeness (QED) is 0.889. The smallest absolute Gasteiger partial charge is 0.123 e. The van der Waals surface area contributed by atoms with E-state index in [0.717, 1.165) is 12.0 Å². The van der Waals surface area contributed by atoms with Crippen molar-refractivity contribution in [1.29, 1.82) is 0 Å². The molecule has 1 N–H and O–H groups in total. The molecule has 1 saturated carbocycles. The maximum absolute atomic E-state index is 13.2. The molecule has 2 nitrogen and oxygen atoms in total. The molecule has 0 bridgehead atoms. The standard InChI is InChI=1S/C17H27FN2/c1-13(11-14-5-4-6-15(18)12-14)20(3)17-9-7-16(19-2)8-10-17/h4-6,12-13,16-17,19H,7-11H2,1-3H3. The van der Waals surface area contributed by atoms with Gasteiger partial charge < -0.3 is 10.2 Å². The van der Waals surface area contributed by atoms with E-state index in [0.29, 0.717) is 18.1 Å². The number of benzene rings is 1. The third kappa shape index (κ3) is 4.03. The third-order valence-electron chi connectivity index (χ3n) is 4.80. The minimum absolute atomic E-state index is 0.133. The Morgan fingerprint density at radius 3 is 2.60 bits per heavy atom. The SMILES string of the molecule is CNC1CCC(N(C)C(C)Cc2cccc(F)c2)CC1. The van der Waals surface area contributed by atoms with E-state index in [1.807, 2.05) is 6.07 Å². The zero-order valence-electron chi connectivity index (χ0n) is 12.9. The van der Waals surface area contributed by atoms with Crippen molar-refractivity contribution in [2.24, 2.45) is 0 Å². The van der Waals surface area contributed by atoms with E-state index < -0.39 is 0 Å². The average Bonchev–Trinajstić information content (AvgIpc) is 2.46. The fraction of sp³-hybridized carbons (Fsp3) is 0.647. The summed E-state index contributed by atoms with van der Waals surface area (Å²) in [6.45, 7) is 2.25. The Morgan fingerprint density at radius 1 is 1.30 bits per heavy atom. The van der Waals surface area contributed by atoms with Gasteiger partial charge in [0.25, 0.3) is 0 Å². The van der Waals surface area contributed by atoms with Gasteiger partial charge in [0.2, 0.25) is 0 Å². The highest BCUT2D eigenvalue weighted by atomic mass is 19.1. The molecule has 1 aromatic carbocycles. The molecule has 112 valence electrons. The van der Waals surface area contributed by atoms with Crippen molar-refractivity contribution in [2.75, 3.05) is 14.1 Å². The second kappa shape index (κ2) is 7.19. The first-order chi connectivity index (χ1) is 9.60. The highest BCUT2D eigenvalue weighted by Crippen LogP contribution is 2.24. The van der Waals surface area contributed by atoms with Gasteiger partial charge in [-0.3, -0.25) is 0 Å². The van der Waals surface area contributed by atoms with E-state index in [1.165, 1.54) is 31.7 Å². The number of hydrogen-bond donors (Lipinski definition) is 1. The summed E-state index contributed by atoms with van der Waals surface area (Å²) in [6, 6.07) is 8.80. The van der Waals surface area contributed by atoms with Gasteiger partial charge in [0.05, 0.1) is 0 Å². The van der Waals surface area contributed by atoms with Gasteiger partial charge in [-0.25, -0.2) is 4.39 Å². The summed E-state index contributed by atoms with van der Waals surface area (Å²) < 4.78 is 13.2. The number of rotatable bonds is 5. The van der Waals surface area contributed by atoms with Crippen LogP contribution in [-0.4, -0.2) is 37.1 Å². The predicted octanol–water partition coefficient (Wildman–Crippen LogP) is 3.22. The first-order valence-corrected chi connectivity index (χ1v) is 7.73. The minimum Gasteiger partial charge on any atom is -0.317 e. The summed E-state index contributed by atoms with van der Waals surface area (Å²) in [7, 11) is 4.27. The summed E-state index contributed by atoms with van der Waals surface area (Å²) in [5.41, 5.74) is 1.09. The van der Waals surface area contributed by atoms with Gasteiger partial charge in [-0.15, -0.1) is 0 Å². The Bertz CT molecular complexity index is 413. The molecule has 0 heterocycles. The first-order valence-electron chi connectivity index (χ1n) is 7.73. The maximum Gasteiger partial charge on any atom is 0.123 e. The van der Waals surface area contributed by atoms with Crippen LogP contribution in [-0.2, 0) is 6.42 Å². The molecule has 1 fully saturated rings. The van der Waals surface area contributed by atoms with Crippen molar-refractivity contribution < 1.29 is 4.39 Å². The molecule has 2 rings (SSSR count). The van der Waals surface area contributed by atoms with Gasteiger partial charge in [0.1, 0.15) is 5.82 Å². The predicted molar refractivity (Wildman–Crippen MR) is 82.4 cm³/mol. The number of likely N-dealkylation sites (N-methyl/N-ethyl adjacent to an activating group) is 1. The van der Waals surface area contributed by atoms with E-state index in [-0.39, 0.29) is 5.82 Å². The lowest BCUT2D eigenvalue weighted by atomic mass is 9.89. The fourth-order valence-electron chi connectivity index (χ4n) is 3.28. The van der Waals surface area contributed by atoms with Crippen LogP contribution in [0.25, 0.3) is 0 Å². The molecule has 1 atom stereocenters. The van der Waals surface area contributed by atoms with Crippen LogP contribution in [0.4, 0.5) is 4.39 Å². The van der Waals surface area contributed by atoms with Crippen LogP contribution in [0.3, 0.4) is 0 Å². The third-order valence-corrected chi connectivity index (χ3v) is 4.80. The van der Waals surface area contributed by atoms with Gasteiger partial charge in [0, 0.05) is 18.1 Å². The molecule has 3 heteroatoms. The van der Waals surface area contributed by atoms with Crippen molar-refractivity contribution in [1.82, 2.24) is 10.2 Å². The number of hydrogen-bond acceptors (Lipinski definition) is 2. The molecule has 1 unspecified atom stereocenters. The van der Waals surface area contributed by atoms with Gasteiger partial charge >= 0.3 is 0 Å². The normalized spacial score (nSPS) is 24.9. The zero-order valence-corrected chi connectivity index (χ0v) is 12.9. The van der Waals surface area contributed by atoms with Crippen LogP contribution in [0.2, 0.25) is 0 Å². The Kier molecular flexibility index (Phi) is 5.55. The molecular weight excluding hydrogens is 251 g/mol. The zero-order chi connectivity index (χ0) is 14.5. The molecule has 0 aromatic heterocycles. The molecule has 0 amide bonds. The topological polar surface area (TPSA) is 15.3 Å². The van der Waals surface area contributed by atoms with Crippen LogP contribution in [0.5, 0.6) is 0 Å². The van der Waals surface area contributed by atoms with E-state index >= 15 is 0 Å². The number of nitrogens with zero attached hydrogens (tertiary/aromatic N) is 1. The van der Waals surface area contributed by atoms with Crippen molar-refractivity contribution in [3.63, 3.8) is 0 Å². The van der Waals surface area contributed by atoms with Crippen LogP contribution in [0, 0.1) is 5.82 Å². The summed E-state index contributed by atoms with van der Waals surface area (Å²) in [5.74, 6) is -0.133. The van der Waals surface area contributed by atoms with E-state index in [2.05, 4.69) is 31.2 Å². The lowest BCUT2D eigenvalue weighted by Crippen LogP contribution is -2.44. The second-order valence-corrected chi connectivity index (χ2v) is 6.14. The number of nitrogens with one attached hydrogen (secondary N) is 1. The van der Waals surface area contributed by atoms with Crippen molar-refractivity contribution in [3.8, 4) is 0 Å². The molecule has 1 aliphatic rings. The number of halogens is 1. The highest BCUT2D eigenvalue weighted by molar-refractivity contribution is 5.17. The van der Waals surface area contributed by atoms with Crippen molar-refractivity contribution >= 4 is 0 Å². The molecule has 0 aliphatic heterocycles. The molecule has 0 saturated heterocycles. The van der Waals surface area contributed by atoms with Crippen LogP contribution in [0.1, 0.15) is 38.2 Å². The fourth-order valence-corrected chi connectivity index (χ4v) is 3.28. The summed E-state index contributed by atoms with van der Waals surface area (Å²) in [4.78, 5) is 2.48.